The third-order valence-corrected chi connectivity index (χ3v) is 4.66. The lowest BCUT2D eigenvalue weighted by Crippen LogP contribution is -2.32. The summed E-state index contributed by atoms with van der Waals surface area (Å²) in [5, 5.41) is 3.79. The second-order valence-corrected chi connectivity index (χ2v) is 6.48. The fourth-order valence-corrected chi connectivity index (χ4v) is 2.88. The number of benzene rings is 2. The number of amides is 1. The number of nitrogen functional groups attached to an aromatic ring is 1. The highest BCUT2D eigenvalue weighted by atomic mass is 35.5. The van der Waals surface area contributed by atoms with E-state index in [1.54, 1.807) is 6.07 Å². The van der Waals surface area contributed by atoms with Gasteiger partial charge in [0.1, 0.15) is 0 Å². The van der Waals surface area contributed by atoms with Crippen LogP contribution in [0.25, 0.3) is 0 Å². The van der Waals surface area contributed by atoms with Crippen LogP contribution < -0.4 is 11.1 Å². The van der Waals surface area contributed by atoms with E-state index in [0.717, 1.165) is 23.4 Å². The second kappa shape index (κ2) is 6.81. The largest absolute Gasteiger partial charge is 0.399 e. The van der Waals surface area contributed by atoms with E-state index in [4.69, 9.17) is 17.3 Å². The molecule has 0 spiro atoms. The number of nitrogens with one attached hydrogen (secondary N) is 1. The number of carbonyl (C=O) groups excluding carboxylic acids is 1. The summed E-state index contributed by atoms with van der Waals surface area (Å²) in [6.45, 7) is 2.56. The van der Waals surface area contributed by atoms with E-state index in [-0.39, 0.29) is 23.7 Å². The van der Waals surface area contributed by atoms with Crippen LogP contribution in [0.4, 0.5) is 5.69 Å². The summed E-state index contributed by atoms with van der Waals surface area (Å²) < 4.78 is 0. The Morgan fingerprint density at radius 2 is 1.87 bits per heavy atom. The van der Waals surface area contributed by atoms with Crippen molar-refractivity contribution in [1.29, 1.82) is 0 Å². The SMILES string of the molecule is Cc1ccc(N)cc1C(=O)NCC1(c2ccc(Cl)cc2)CC1.Cl. The highest BCUT2D eigenvalue weighted by molar-refractivity contribution is 6.30. The highest BCUT2D eigenvalue weighted by Gasteiger charge is 2.44. The first-order valence-corrected chi connectivity index (χ1v) is 7.78. The van der Waals surface area contributed by atoms with E-state index in [1.807, 2.05) is 43.3 Å². The lowest BCUT2D eigenvalue weighted by Gasteiger charge is -2.17. The first-order chi connectivity index (χ1) is 10.5. The van der Waals surface area contributed by atoms with Gasteiger partial charge in [0.2, 0.25) is 0 Å². The van der Waals surface area contributed by atoms with Gasteiger partial charge in [-0.15, -0.1) is 12.4 Å². The van der Waals surface area contributed by atoms with Crippen molar-refractivity contribution in [2.75, 3.05) is 12.3 Å². The first kappa shape index (κ1) is 17.6. The molecule has 0 unspecified atom stereocenters. The predicted octanol–water partition coefficient (Wildman–Crippen LogP) is 4.11. The van der Waals surface area contributed by atoms with Crippen LogP contribution in [0.3, 0.4) is 0 Å². The Bertz CT molecular complexity index is 709. The summed E-state index contributed by atoms with van der Waals surface area (Å²) in [6.07, 6.45) is 2.18. The number of carbonyl (C=O) groups is 1. The summed E-state index contributed by atoms with van der Waals surface area (Å²) in [7, 11) is 0. The van der Waals surface area contributed by atoms with Crippen LogP contribution >= 0.6 is 24.0 Å². The summed E-state index contributed by atoms with van der Waals surface area (Å²) >= 11 is 5.94. The summed E-state index contributed by atoms with van der Waals surface area (Å²) in [6, 6.07) is 13.3. The molecule has 3 N–H and O–H groups in total. The normalized spacial score (nSPS) is 14.7. The van der Waals surface area contributed by atoms with Gasteiger partial charge in [0.15, 0.2) is 0 Å². The van der Waals surface area contributed by atoms with Gasteiger partial charge in [-0.05, 0) is 55.2 Å². The molecule has 0 saturated heterocycles. The molecule has 0 heterocycles. The molecule has 5 heteroatoms. The van der Waals surface area contributed by atoms with Crippen LogP contribution in [0.15, 0.2) is 42.5 Å². The zero-order valence-electron chi connectivity index (χ0n) is 12.9. The zero-order valence-corrected chi connectivity index (χ0v) is 14.5. The van der Waals surface area contributed by atoms with Gasteiger partial charge < -0.3 is 11.1 Å². The molecule has 0 aliphatic heterocycles. The van der Waals surface area contributed by atoms with Crippen LogP contribution in [0.1, 0.15) is 34.3 Å². The van der Waals surface area contributed by atoms with E-state index in [0.29, 0.717) is 17.8 Å². The fraction of sp³-hybridized carbons (Fsp3) is 0.278. The molecular formula is C18H20Cl2N2O. The van der Waals surface area contributed by atoms with Crippen molar-refractivity contribution in [1.82, 2.24) is 5.32 Å². The molecule has 23 heavy (non-hydrogen) atoms. The maximum atomic E-state index is 12.4. The van der Waals surface area contributed by atoms with Crippen LogP contribution in [0.2, 0.25) is 5.02 Å². The molecule has 122 valence electrons. The number of aryl methyl sites for hydroxylation is 1. The molecule has 3 nitrogen and oxygen atoms in total. The van der Waals surface area contributed by atoms with Gasteiger partial charge in [-0.25, -0.2) is 0 Å². The molecule has 1 fully saturated rings. The minimum atomic E-state index is -0.0648. The molecule has 0 bridgehead atoms. The zero-order chi connectivity index (χ0) is 15.7. The molecular weight excluding hydrogens is 331 g/mol. The quantitative estimate of drug-likeness (QED) is 0.815. The van der Waals surface area contributed by atoms with Crippen LogP contribution in [0.5, 0.6) is 0 Å². The highest BCUT2D eigenvalue weighted by Crippen LogP contribution is 2.47. The number of hydrogen-bond acceptors (Lipinski definition) is 2. The van der Waals surface area contributed by atoms with Gasteiger partial charge in [0.05, 0.1) is 0 Å². The number of halogens is 2. The molecule has 1 aliphatic rings. The first-order valence-electron chi connectivity index (χ1n) is 7.41. The maximum Gasteiger partial charge on any atom is 0.251 e. The van der Waals surface area contributed by atoms with Crippen LogP contribution in [-0.2, 0) is 5.41 Å². The molecule has 0 aromatic heterocycles. The van der Waals surface area contributed by atoms with Gasteiger partial charge in [-0.2, -0.15) is 0 Å². The van der Waals surface area contributed by atoms with Crippen molar-refractivity contribution in [2.45, 2.75) is 25.2 Å². The Hall–Kier alpha value is -1.71. The van der Waals surface area contributed by atoms with E-state index < -0.39 is 0 Å². The average molecular weight is 351 g/mol. The van der Waals surface area contributed by atoms with Crippen molar-refractivity contribution in [3.05, 3.63) is 64.2 Å². The van der Waals surface area contributed by atoms with E-state index in [2.05, 4.69) is 5.32 Å². The Labute approximate surface area is 147 Å². The van der Waals surface area contributed by atoms with Crippen molar-refractivity contribution >= 4 is 35.6 Å². The van der Waals surface area contributed by atoms with Gasteiger partial charge in [-0.3, -0.25) is 4.79 Å². The molecule has 2 aromatic carbocycles. The topological polar surface area (TPSA) is 55.1 Å². The monoisotopic (exact) mass is 350 g/mol. The molecule has 1 aliphatic carbocycles. The smallest absolute Gasteiger partial charge is 0.251 e. The third kappa shape index (κ3) is 3.80. The van der Waals surface area contributed by atoms with E-state index in [9.17, 15) is 4.79 Å². The average Bonchev–Trinajstić information content (AvgIpc) is 3.29. The molecule has 1 amide bonds. The Balaban J connectivity index is 0.00000192. The number of anilines is 1. The van der Waals surface area contributed by atoms with Crippen molar-refractivity contribution < 1.29 is 4.79 Å². The van der Waals surface area contributed by atoms with Gasteiger partial charge in [0, 0.05) is 28.2 Å². The van der Waals surface area contributed by atoms with Gasteiger partial charge in [0.25, 0.3) is 5.91 Å². The molecule has 0 radical (unpaired) electrons. The lowest BCUT2D eigenvalue weighted by atomic mass is 9.95. The van der Waals surface area contributed by atoms with Crippen LogP contribution in [0, 0.1) is 6.92 Å². The van der Waals surface area contributed by atoms with Crippen molar-refractivity contribution in [3.8, 4) is 0 Å². The lowest BCUT2D eigenvalue weighted by molar-refractivity contribution is 0.0949. The molecule has 3 rings (SSSR count). The number of hydrogen-bond donors (Lipinski definition) is 2. The Morgan fingerprint density at radius 1 is 1.22 bits per heavy atom. The second-order valence-electron chi connectivity index (χ2n) is 6.04. The molecule has 0 atom stereocenters. The standard InChI is InChI=1S/C18H19ClN2O.ClH/c1-12-2-7-15(20)10-16(12)17(22)21-11-18(8-9-18)13-3-5-14(19)6-4-13;/h2-7,10H,8-9,11,20H2,1H3,(H,21,22);1H. The van der Waals surface area contributed by atoms with E-state index in [1.165, 1.54) is 5.56 Å². The fourth-order valence-electron chi connectivity index (χ4n) is 2.75. The third-order valence-electron chi connectivity index (χ3n) is 4.40. The van der Waals surface area contributed by atoms with Gasteiger partial charge in [-0.1, -0.05) is 29.8 Å². The van der Waals surface area contributed by atoms with Crippen molar-refractivity contribution in [2.24, 2.45) is 0 Å². The van der Waals surface area contributed by atoms with E-state index >= 15 is 0 Å². The Kier molecular flexibility index (Phi) is 5.23. The minimum absolute atomic E-state index is 0. The molecule has 2 aromatic rings. The maximum absolute atomic E-state index is 12.4. The molecule has 1 saturated carbocycles. The summed E-state index contributed by atoms with van der Waals surface area (Å²) in [5.41, 5.74) is 9.26. The number of rotatable bonds is 4. The van der Waals surface area contributed by atoms with Crippen LogP contribution in [-0.4, -0.2) is 12.5 Å². The van der Waals surface area contributed by atoms with Crippen molar-refractivity contribution in [3.63, 3.8) is 0 Å². The Morgan fingerprint density at radius 3 is 2.48 bits per heavy atom. The minimum Gasteiger partial charge on any atom is -0.399 e. The summed E-state index contributed by atoms with van der Waals surface area (Å²) in [5.74, 6) is -0.0648. The van der Waals surface area contributed by atoms with Gasteiger partial charge >= 0.3 is 0 Å². The predicted molar refractivity (Wildman–Crippen MR) is 97.5 cm³/mol. The number of nitrogens with two attached hydrogens (primary N) is 1. The summed E-state index contributed by atoms with van der Waals surface area (Å²) in [4.78, 5) is 12.4.